The molecule has 55 heavy (non-hydrogen) atoms. The first-order valence-corrected chi connectivity index (χ1v) is 23.5. The van der Waals surface area contributed by atoms with E-state index in [0.717, 1.165) is 77.0 Å². The highest BCUT2D eigenvalue weighted by Crippen LogP contribution is 2.15. The molecule has 0 rings (SSSR count). The van der Waals surface area contributed by atoms with Crippen LogP contribution in [0.15, 0.2) is 36.5 Å². The van der Waals surface area contributed by atoms with Gasteiger partial charge in [-0.05, 0) is 57.8 Å². The number of allylic oxidation sites excluding steroid dienone is 6. The topological polar surface area (TPSA) is 78.9 Å². The van der Waals surface area contributed by atoms with Crippen LogP contribution in [-0.2, 0) is 28.6 Å². The highest BCUT2D eigenvalue weighted by molar-refractivity contribution is 5.71. The summed E-state index contributed by atoms with van der Waals surface area (Å²) < 4.78 is 16.7. The summed E-state index contributed by atoms with van der Waals surface area (Å²) in [7, 11) is 0. The third-order valence-corrected chi connectivity index (χ3v) is 10.1. The highest BCUT2D eigenvalue weighted by atomic mass is 16.6. The fraction of sp³-hybridized carbons (Fsp3) is 0.816. The number of carbonyl (C=O) groups is 3. The maximum atomic E-state index is 12.7. The van der Waals surface area contributed by atoms with Crippen molar-refractivity contribution in [3.63, 3.8) is 0 Å². The van der Waals surface area contributed by atoms with Gasteiger partial charge in [-0.3, -0.25) is 14.4 Å². The second-order valence-corrected chi connectivity index (χ2v) is 15.7. The van der Waals surface area contributed by atoms with E-state index in [2.05, 4.69) is 57.2 Å². The van der Waals surface area contributed by atoms with Crippen LogP contribution in [0.4, 0.5) is 0 Å². The molecule has 0 aliphatic heterocycles. The molecule has 0 aromatic carbocycles. The predicted octanol–water partition coefficient (Wildman–Crippen LogP) is 15.0. The van der Waals surface area contributed by atoms with Crippen molar-refractivity contribution in [2.45, 2.75) is 245 Å². The molecule has 1 atom stereocenters. The first-order chi connectivity index (χ1) is 27.0. The Morgan fingerprint density at radius 3 is 1.11 bits per heavy atom. The summed E-state index contributed by atoms with van der Waals surface area (Å²) in [6.07, 6.45) is 49.8. The Balaban J connectivity index is 4.36. The zero-order valence-electron chi connectivity index (χ0n) is 36.4. The molecule has 0 fully saturated rings. The Kier molecular flexibility index (Phi) is 42.4. The molecule has 6 heteroatoms. The number of unbranched alkanes of at least 4 members (excludes halogenated alkanes) is 26. The van der Waals surface area contributed by atoms with Crippen LogP contribution in [0.5, 0.6) is 0 Å². The van der Waals surface area contributed by atoms with Gasteiger partial charge in [0.25, 0.3) is 0 Å². The quantitative estimate of drug-likeness (QED) is 0.0202. The SMILES string of the molecule is CCCC/C=C\C=C/CCCCCC(=O)OC(COC(=O)CCCCCCC/C=C\CCCC)COC(=O)CCCCCCCCCCCCCCCCC. The summed E-state index contributed by atoms with van der Waals surface area (Å²) in [5.41, 5.74) is 0. The minimum atomic E-state index is -0.783. The third-order valence-electron chi connectivity index (χ3n) is 10.1. The lowest BCUT2D eigenvalue weighted by Gasteiger charge is -2.18. The van der Waals surface area contributed by atoms with E-state index in [9.17, 15) is 14.4 Å². The monoisotopic (exact) mass is 773 g/mol. The number of carbonyl (C=O) groups excluding carboxylic acids is 3. The molecule has 320 valence electrons. The van der Waals surface area contributed by atoms with Gasteiger partial charge in [0.15, 0.2) is 6.10 Å². The molecule has 0 aromatic heterocycles. The van der Waals surface area contributed by atoms with Crippen LogP contribution in [0.3, 0.4) is 0 Å². The van der Waals surface area contributed by atoms with Gasteiger partial charge in [-0.15, -0.1) is 0 Å². The van der Waals surface area contributed by atoms with Gasteiger partial charge in [0.1, 0.15) is 13.2 Å². The molecular formula is C49H88O6. The zero-order chi connectivity index (χ0) is 40.1. The molecule has 0 aliphatic carbocycles. The molecule has 0 spiro atoms. The largest absolute Gasteiger partial charge is 0.462 e. The molecule has 1 unspecified atom stereocenters. The second kappa shape index (κ2) is 44.3. The average molecular weight is 773 g/mol. The maximum Gasteiger partial charge on any atom is 0.306 e. The number of esters is 3. The molecule has 0 saturated carbocycles. The van der Waals surface area contributed by atoms with Gasteiger partial charge in [0, 0.05) is 19.3 Å². The standard InChI is InChI=1S/C49H88O6/c1-4-7-10-13-16-19-22-23-24-25-28-30-33-36-39-42-48(51)54-45-46(55-49(52)43-40-37-34-31-27-21-18-15-12-9-6-3)44-53-47(50)41-38-35-32-29-26-20-17-14-11-8-5-2/h14-15,17-18,21,27,46H,4-13,16,19-20,22-26,28-45H2,1-3H3/b17-14-,18-15-,27-21-. The van der Waals surface area contributed by atoms with E-state index in [1.54, 1.807) is 0 Å². The van der Waals surface area contributed by atoms with Crippen LogP contribution in [0.1, 0.15) is 239 Å². The lowest BCUT2D eigenvalue weighted by Crippen LogP contribution is -2.30. The first kappa shape index (κ1) is 52.6. The number of ether oxygens (including phenoxy) is 3. The Morgan fingerprint density at radius 1 is 0.364 bits per heavy atom. The molecule has 0 aliphatic rings. The Bertz CT molecular complexity index is 938. The van der Waals surface area contributed by atoms with Gasteiger partial charge < -0.3 is 14.2 Å². The Hall–Kier alpha value is -2.37. The average Bonchev–Trinajstić information content (AvgIpc) is 3.18. The van der Waals surface area contributed by atoms with E-state index in [1.165, 1.54) is 122 Å². The summed E-state index contributed by atoms with van der Waals surface area (Å²) in [6.45, 7) is 6.52. The summed E-state index contributed by atoms with van der Waals surface area (Å²) in [5.74, 6) is -0.918. The van der Waals surface area contributed by atoms with Crippen LogP contribution in [0.25, 0.3) is 0 Å². The number of hydrogen-bond donors (Lipinski definition) is 0. The summed E-state index contributed by atoms with van der Waals surface area (Å²) in [4.78, 5) is 37.7. The van der Waals surface area contributed by atoms with Crippen molar-refractivity contribution in [3.8, 4) is 0 Å². The van der Waals surface area contributed by atoms with Crippen molar-refractivity contribution in [1.82, 2.24) is 0 Å². The molecule has 0 saturated heterocycles. The molecule has 0 amide bonds. The zero-order valence-corrected chi connectivity index (χ0v) is 36.4. The van der Waals surface area contributed by atoms with Crippen molar-refractivity contribution < 1.29 is 28.6 Å². The van der Waals surface area contributed by atoms with Crippen molar-refractivity contribution in [1.29, 1.82) is 0 Å². The minimum absolute atomic E-state index is 0.0833. The van der Waals surface area contributed by atoms with Crippen LogP contribution in [-0.4, -0.2) is 37.2 Å². The molecule has 0 bridgehead atoms. The normalized spacial score (nSPS) is 12.3. The maximum absolute atomic E-state index is 12.7. The van der Waals surface area contributed by atoms with Crippen molar-refractivity contribution in [2.24, 2.45) is 0 Å². The van der Waals surface area contributed by atoms with E-state index < -0.39 is 6.10 Å². The molecule has 6 nitrogen and oxygen atoms in total. The van der Waals surface area contributed by atoms with Crippen LogP contribution in [0.2, 0.25) is 0 Å². The molecular weight excluding hydrogens is 685 g/mol. The molecule has 0 radical (unpaired) electrons. The fourth-order valence-electron chi connectivity index (χ4n) is 6.52. The molecule has 0 aromatic rings. The van der Waals surface area contributed by atoms with Gasteiger partial charge in [0.05, 0.1) is 0 Å². The van der Waals surface area contributed by atoms with Crippen LogP contribution >= 0.6 is 0 Å². The summed E-state index contributed by atoms with van der Waals surface area (Å²) >= 11 is 0. The van der Waals surface area contributed by atoms with Gasteiger partial charge >= 0.3 is 17.9 Å². The lowest BCUT2D eigenvalue weighted by molar-refractivity contribution is -0.167. The first-order valence-electron chi connectivity index (χ1n) is 23.5. The number of hydrogen-bond acceptors (Lipinski definition) is 6. The smallest absolute Gasteiger partial charge is 0.306 e. The van der Waals surface area contributed by atoms with Gasteiger partial charge in [-0.2, -0.15) is 0 Å². The van der Waals surface area contributed by atoms with E-state index in [1.807, 2.05) is 0 Å². The summed E-state index contributed by atoms with van der Waals surface area (Å²) in [5, 5.41) is 0. The van der Waals surface area contributed by atoms with Gasteiger partial charge in [0.2, 0.25) is 0 Å². The third kappa shape index (κ3) is 42.6. The van der Waals surface area contributed by atoms with E-state index in [4.69, 9.17) is 14.2 Å². The number of rotatable bonds is 42. The van der Waals surface area contributed by atoms with Crippen molar-refractivity contribution in [2.75, 3.05) is 13.2 Å². The van der Waals surface area contributed by atoms with Crippen molar-refractivity contribution in [3.05, 3.63) is 36.5 Å². The Labute approximate surface area is 340 Å². The van der Waals surface area contributed by atoms with Gasteiger partial charge in [-0.1, -0.05) is 198 Å². The van der Waals surface area contributed by atoms with Gasteiger partial charge in [-0.25, -0.2) is 0 Å². The van der Waals surface area contributed by atoms with Crippen LogP contribution in [0, 0.1) is 0 Å². The predicted molar refractivity (Wildman–Crippen MR) is 233 cm³/mol. The van der Waals surface area contributed by atoms with E-state index in [0.29, 0.717) is 19.3 Å². The lowest BCUT2D eigenvalue weighted by atomic mass is 10.0. The van der Waals surface area contributed by atoms with Crippen molar-refractivity contribution >= 4 is 17.9 Å². The summed E-state index contributed by atoms with van der Waals surface area (Å²) in [6, 6.07) is 0. The second-order valence-electron chi connectivity index (χ2n) is 15.7. The molecule has 0 heterocycles. The Morgan fingerprint density at radius 2 is 0.673 bits per heavy atom. The fourth-order valence-corrected chi connectivity index (χ4v) is 6.52. The highest BCUT2D eigenvalue weighted by Gasteiger charge is 2.19. The minimum Gasteiger partial charge on any atom is -0.462 e. The van der Waals surface area contributed by atoms with E-state index >= 15 is 0 Å². The molecule has 0 N–H and O–H groups in total. The van der Waals surface area contributed by atoms with Crippen LogP contribution < -0.4 is 0 Å². The van der Waals surface area contributed by atoms with E-state index in [-0.39, 0.29) is 31.1 Å².